The predicted molar refractivity (Wildman–Crippen MR) is 180 cm³/mol. The van der Waals surface area contributed by atoms with E-state index in [4.69, 9.17) is 14.0 Å². The van der Waals surface area contributed by atoms with Gasteiger partial charge in [-0.2, -0.15) is 4.31 Å². The van der Waals surface area contributed by atoms with Gasteiger partial charge in [-0.3, -0.25) is 4.79 Å². The molecule has 0 aliphatic carbocycles. The van der Waals surface area contributed by atoms with E-state index in [1.54, 1.807) is 61.4 Å². The number of aliphatic hydroxyl groups is 1. The molecule has 4 rings (SSSR count). The lowest BCUT2D eigenvalue weighted by Gasteiger charge is -2.35. The Hall–Kier alpha value is -3.50. The number of rotatable bonds is 8. The van der Waals surface area contributed by atoms with Crippen LogP contribution in [0.15, 0.2) is 44.4 Å². The van der Waals surface area contributed by atoms with Gasteiger partial charge in [0.1, 0.15) is 21.3 Å². The van der Waals surface area contributed by atoms with Gasteiger partial charge in [-0.05, 0) is 76.6 Å². The van der Waals surface area contributed by atoms with E-state index in [1.165, 1.54) is 11.4 Å². The second-order valence-corrected chi connectivity index (χ2v) is 15.2. The SMILES string of the molecule is Cc1noc(C)c1NC(=O)Nc1ccc2c(c1)C(=O)N([C@H](C)CO)C[C@H](C)[C@@H](CN(C)S(=O)(=O)c1cccs1)OCCCC[C@H](C)O2. The van der Waals surface area contributed by atoms with Gasteiger partial charge in [-0.25, -0.2) is 13.2 Å². The van der Waals surface area contributed by atoms with Crippen molar-refractivity contribution in [3.05, 3.63) is 52.7 Å². The largest absolute Gasteiger partial charge is 0.490 e. The van der Waals surface area contributed by atoms with Crippen molar-refractivity contribution in [1.29, 1.82) is 0 Å². The molecule has 13 nitrogen and oxygen atoms in total. The van der Waals surface area contributed by atoms with Gasteiger partial charge in [0.2, 0.25) is 0 Å². The van der Waals surface area contributed by atoms with Crippen molar-refractivity contribution in [2.45, 2.75) is 76.3 Å². The summed E-state index contributed by atoms with van der Waals surface area (Å²) in [5.74, 6) is 0.0847. The first-order valence-corrected chi connectivity index (χ1v) is 18.0. The number of amides is 3. The van der Waals surface area contributed by atoms with Gasteiger partial charge < -0.3 is 34.6 Å². The third-order valence-electron chi connectivity index (χ3n) is 8.18. The summed E-state index contributed by atoms with van der Waals surface area (Å²) in [5.41, 5.74) is 1.55. The van der Waals surface area contributed by atoms with E-state index in [0.717, 1.165) is 24.2 Å². The number of ether oxygens (including phenoxy) is 2. The number of nitrogens with one attached hydrogen (secondary N) is 2. The Morgan fingerprint density at radius 1 is 1.21 bits per heavy atom. The quantitative estimate of drug-likeness (QED) is 0.291. The van der Waals surface area contributed by atoms with E-state index >= 15 is 0 Å². The molecule has 1 aliphatic rings. The molecule has 3 heterocycles. The summed E-state index contributed by atoms with van der Waals surface area (Å²) in [4.78, 5) is 28.8. The molecule has 47 heavy (non-hydrogen) atoms. The zero-order valence-electron chi connectivity index (χ0n) is 27.7. The number of aryl methyl sites for hydroxylation is 2. The molecule has 0 saturated carbocycles. The number of likely N-dealkylation sites (N-methyl/N-ethyl adjacent to an activating group) is 1. The van der Waals surface area contributed by atoms with Crippen LogP contribution in [0.2, 0.25) is 0 Å². The first kappa shape index (κ1) is 36.3. The molecule has 3 aromatic rings. The van der Waals surface area contributed by atoms with Gasteiger partial charge in [0.25, 0.3) is 15.9 Å². The summed E-state index contributed by atoms with van der Waals surface area (Å²) in [6.07, 6.45) is 1.47. The van der Waals surface area contributed by atoms with Crippen LogP contribution in [0.5, 0.6) is 5.75 Å². The van der Waals surface area contributed by atoms with Gasteiger partial charge in [-0.1, -0.05) is 18.1 Å². The zero-order chi connectivity index (χ0) is 34.3. The molecular formula is C32H45N5O8S2. The number of anilines is 2. The maximum absolute atomic E-state index is 14.3. The highest BCUT2D eigenvalue weighted by Crippen LogP contribution is 2.29. The molecule has 0 bridgehead atoms. The number of carbonyl (C=O) groups excluding carboxylic acids is 2. The predicted octanol–water partition coefficient (Wildman–Crippen LogP) is 5.11. The number of sulfonamides is 1. The molecular weight excluding hydrogens is 647 g/mol. The molecule has 0 fully saturated rings. The number of nitrogens with zero attached hydrogens (tertiary/aromatic N) is 3. The van der Waals surface area contributed by atoms with Gasteiger partial charge in [0.15, 0.2) is 5.76 Å². The van der Waals surface area contributed by atoms with Gasteiger partial charge in [-0.15, -0.1) is 11.3 Å². The van der Waals surface area contributed by atoms with Crippen LogP contribution >= 0.6 is 11.3 Å². The van der Waals surface area contributed by atoms with Crippen LogP contribution in [0.3, 0.4) is 0 Å². The highest BCUT2D eigenvalue weighted by atomic mass is 32.2. The van der Waals surface area contributed by atoms with Crippen LogP contribution in [0.25, 0.3) is 0 Å². The lowest BCUT2D eigenvalue weighted by molar-refractivity contribution is -0.00832. The third-order valence-corrected chi connectivity index (χ3v) is 11.4. The van der Waals surface area contributed by atoms with Crippen molar-refractivity contribution in [3.8, 4) is 5.75 Å². The van der Waals surface area contributed by atoms with Crippen molar-refractivity contribution in [2.75, 3.05) is 44.0 Å². The van der Waals surface area contributed by atoms with Gasteiger partial charge in [0, 0.05) is 38.3 Å². The lowest BCUT2D eigenvalue weighted by atomic mass is 10.0. The van der Waals surface area contributed by atoms with E-state index in [2.05, 4.69) is 15.8 Å². The van der Waals surface area contributed by atoms with E-state index in [9.17, 15) is 23.1 Å². The number of fused-ring (bicyclic) bond motifs is 1. The second kappa shape index (κ2) is 16.1. The number of aromatic nitrogens is 1. The zero-order valence-corrected chi connectivity index (χ0v) is 29.3. The Balaban J connectivity index is 1.63. The number of carbonyl (C=O) groups is 2. The molecule has 0 radical (unpaired) electrons. The minimum atomic E-state index is -3.72. The minimum absolute atomic E-state index is 0.0847. The van der Waals surface area contributed by atoms with E-state index in [0.29, 0.717) is 41.6 Å². The third kappa shape index (κ3) is 9.11. The van der Waals surface area contributed by atoms with E-state index < -0.39 is 34.1 Å². The van der Waals surface area contributed by atoms with Crippen LogP contribution in [0, 0.1) is 19.8 Å². The summed E-state index contributed by atoms with van der Waals surface area (Å²) in [7, 11) is -2.19. The fourth-order valence-corrected chi connectivity index (χ4v) is 7.70. The molecule has 4 atom stereocenters. The van der Waals surface area contributed by atoms with Gasteiger partial charge >= 0.3 is 6.03 Å². The highest BCUT2D eigenvalue weighted by molar-refractivity contribution is 7.91. The number of urea groups is 1. The molecule has 3 amide bonds. The summed E-state index contributed by atoms with van der Waals surface area (Å²) >= 11 is 1.15. The fourth-order valence-electron chi connectivity index (χ4n) is 5.32. The van der Waals surface area contributed by atoms with Crippen molar-refractivity contribution in [3.63, 3.8) is 0 Å². The lowest BCUT2D eigenvalue weighted by Crippen LogP contribution is -2.48. The smallest absolute Gasteiger partial charge is 0.323 e. The Morgan fingerprint density at radius 3 is 2.64 bits per heavy atom. The first-order valence-electron chi connectivity index (χ1n) is 15.7. The maximum Gasteiger partial charge on any atom is 0.323 e. The molecule has 0 saturated heterocycles. The summed E-state index contributed by atoms with van der Waals surface area (Å²) in [6.45, 7) is 9.33. The van der Waals surface area contributed by atoms with E-state index in [-0.39, 0.29) is 41.5 Å². The first-order chi connectivity index (χ1) is 22.3. The van der Waals surface area contributed by atoms with Crippen molar-refractivity contribution < 1.29 is 37.1 Å². The summed E-state index contributed by atoms with van der Waals surface area (Å²) in [6, 6.07) is 7.00. The van der Waals surface area contributed by atoms with Crippen molar-refractivity contribution in [1.82, 2.24) is 14.4 Å². The molecule has 1 aliphatic heterocycles. The standard InChI is InChI=1S/C32H45N5O8S2/c1-20-17-37(21(2)19-38)31(39)26-16-25(33-32(40)34-30-23(4)35-45-24(30)5)12-13-27(26)44-22(3)10-7-8-14-43-28(20)18-36(6)47(41,42)29-11-9-15-46-29/h9,11-13,15-16,20-22,28,38H,7-8,10,14,17-19H2,1-6H3,(H2,33,34,40)/t20-,21+,22-,28+/m0/s1. The number of thiophene rings is 1. The Kier molecular flexibility index (Phi) is 12.4. The van der Waals surface area contributed by atoms with Gasteiger partial charge in [0.05, 0.1) is 30.4 Å². The molecule has 3 N–H and O–H groups in total. The van der Waals surface area contributed by atoms with Crippen molar-refractivity contribution >= 4 is 44.7 Å². The molecule has 15 heteroatoms. The van der Waals surface area contributed by atoms with E-state index in [1.807, 2.05) is 13.8 Å². The fraction of sp³-hybridized carbons (Fsp3) is 0.531. The Bertz CT molecular complexity index is 1590. The number of hydrogen-bond acceptors (Lipinski definition) is 10. The molecule has 1 aromatic carbocycles. The van der Waals surface area contributed by atoms with Crippen LogP contribution in [-0.2, 0) is 14.8 Å². The Morgan fingerprint density at radius 2 is 1.98 bits per heavy atom. The van der Waals surface area contributed by atoms with Crippen LogP contribution in [-0.4, -0.2) is 91.4 Å². The molecule has 0 unspecified atom stereocenters. The topological polar surface area (TPSA) is 164 Å². The summed E-state index contributed by atoms with van der Waals surface area (Å²) in [5, 5.41) is 21.3. The van der Waals surface area contributed by atoms with Crippen molar-refractivity contribution in [2.24, 2.45) is 5.92 Å². The normalized spacial score (nSPS) is 20.6. The van der Waals surface area contributed by atoms with Crippen LogP contribution in [0.4, 0.5) is 16.2 Å². The maximum atomic E-state index is 14.3. The number of benzene rings is 1. The molecule has 258 valence electrons. The monoisotopic (exact) mass is 691 g/mol. The van der Waals surface area contributed by atoms with Crippen LogP contribution in [0.1, 0.15) is 61.8 Å². The second-order valence-electron chi connectivity index (χ2n) is 12.0. The van der Waals surface area contributed by atoms with Crippen LogP contribution < -0.4 is 15.4 Å². The number of aliphatic hydroxyl groups excluding tert-OH is 1. The minimum Gasteiger partial charge on any atom is -0.490 e. The number of hydrogen-bond donors (Lipinski definition) is 3. The summed E-state index contributed by atoms with van der Waals surface area (Å²) < 4.78 is 45.7. The highest BCUT2D eigenvalue weighted by Gasteiger charge is 2.32. The average molecular weight is 692 g/mol. The Labute approximate surface area is 280 Å². The molecule has 2 aromatic heterocycles. The molecule has 0 spiro atoms. The average Bonchev–Trinajstić information content (AvgIpc) is 3.69.